The minimum atomic E-state index is -1.99. The molecule has 0 amide bonds. The molecule has 4 aliphatic rings. The molecule has 8 heteroatoms. The third kappa shape index (κ3) is 4.11. The van der Waals surface area contributed by atoms with E-state index >= 15 is 0 Å². The van der Waals surface area contributed by atoms with Gasteiger partial charge in [-0.3, -0.25) is 19.2 Å². The van der Waals surface area contributed by atoms with Gasteiger partial charge in [0.05, 0.1) is 6.10 Å². The van der Waals surface area contributed by atoms with E-state index in [1.807, 2.05) is 27.7 Å². The molecular formula is C32H46O8. The lowest BCUT2D eigenvalue weighted by molar-refractivity contribution is -0.183. The summed E-state index contributed by atoms with van der Waals surface area (Å²) in [6.45, 7) is 15.5. The molecule has 0 aromatic heterocycles. The third-order valence-corrected chi connectivity index (χ3v) is 11.6. The first kappa shape index (κ1) is 30.8. The minimum Gasteiger partial charge on any atom is -0.456 e. The minimum absolute atomic E-state index is 0.0399. The highest BCUT2D eigenvalue weighted by atomic mass is 16.6. The number of allylic oxidation sites excluding steroid dienone is 1. The van der Waals surface area contributed by atoms with Crippen LogP contribution in [0.5, 0.6) is 0 Å². The number of rotatable bonds is 5. The summed E-state index contributed by atoms with van der Waals surface area (Å²) in [6.07, 6.45) is 3.50. The zero-order valence-electron chi connectivity index (χ0n) is 25.3. The van der Waals surface area contributed by atoms with Crippen LogP contribution in [0.15, 0.2) is 23.8 Å². The summed E-state index contributed by atoms with van der Waals surface area (Å²) < 4.78 is 5.23. The maximum Gasteiger partial charge on any atom is 0.303 e. The second kappa shape index (κ2) is 9.17. The fourth-order valence-electron chi connectivity index (χ4n) is 9.35. The van der Waals surface area contributed by atoms with Gasteiger partial charge < -0.3 is 20.1 Å². The van der Waals surface area contributed by atoms with Crippen molar-refractivity contribution in [1.29, 1.82) is 0 Å². The van der Waals surface area contributed by atoms with Crippen molar-refractivity contribution in [2.24, 2.45) is 39.4 Å². The number of ketones is 3. The lowest BCUT2D eigenvalue weighted by atomic mass is 9.38. The van der Waals surface area contributed by atoms with E-state index in [2.05, 4.69) is 13.0 Å². The number of aliphatic hydroxyl groups is 3. The van der Waals surface area contributed by atoms with E-state index in [1.165, 1.54) is 26.0 Å². The Labute approximate surface area is 237 Å². The van der Waals surface area contributed by atoms with Crippen LogP contribution in [0, 0.1) is 39.4 Å². The molecular weight excluding hydrogens is 512 g/mol. The van der Waals surface area contributed by atoms with E-state index in [4.69, 9.17) is 4.74 Å². The van der Waals surface area contributed by atoms with Gasteiger partial charge in [0, 0.05) is 36.5 Å². The Kier molecular flexibility index (Phi) is 7.06. The predicted molar refractivity (Wildman–Crippen MR) is 148 cm³/mol. The van der Waals surface area contributed by atoms with Gasteiger partial charge in [-0.15, -0.1) is 0 Å². The molecule has 4 rings (SSSR count). The summed E-state index contributed by atoms with van der Waals surface area (Å²) in [5.74, 6) is -2.96. The van der Waals surface area contributed by atoms with Crippen LogP contribution in [0.1, 0.15) is 88.0 Å². The fourth-order valence-corrected chi connectivity index (χ4v) is 9.35. The fraction of sp³-hybridized carbons (Fsp3) is 0.750. The van der Waals surface area contributed by atoms with Crippen molar-refractivity contribution in [3.8, 4) is 0 Å². The maximum absolute atomic E-state index is 14.3. The lowest BCUT2D eigenvalue weighted by Crippen LogP contribution is -2.65. The Morgan fingerprint density at radius 1 is 1.05 bits per heavy atom. The van der Waals surface area contributed by atoms with Gasteiger partial charge in [0.1, 0.15) is 23.1 Å². The highest BCUT2D eigenvalue weighted by Gasteiger charge is 2.74. The standard InChI is InChI=1S/C32H46O8/c1-17(33)40-27(2,3)13-12-23(36)32(9,39)25-21(35)15-29(6)22-11-10-18-19(14-20(34)26(38)28(18,4)5)31(22,8)24(37)16-30(25,29)7/h10,12-13,19,21-22,25-26,35,38-39H,11,14-16H2,1-9H3/b13-12+/t19-,21+,22-,25+,26+,29+,30-,31-,32-/m0/s1. The van der Waals surface area contributed by atoms with Gasteiger partial charge in [0.2, 0.25) is 0 Å². The first-order chi connectivity index (χ1) is 18.1. The van der Waals surface area contributed by atoms with E-state index in [0.29, 0.717) is 12.8 Å². The SMILES string of the molecule is CC(=O)OC(C)(C)/C=C/C(=O)[C@](C)(O)[C@@H]1[C@H](O)C[C@]2(C)[C@@H]3CC=C4[C@H](CC(=O)[C@@H](O)C4(C)C)[C@]3(C)C(=O)C[C@@]12C. The van der Waals surface area contributed by atoms with Crippen molar-refractivity contribution in [2.75, 3.05) is 0 Å². The molecule has 3 fully saturated rings. The highest BCUT2D eigenvalue weighted by Crippen LogP contribution is 2.74. The van der Waals surface area contributed by atoms with Gasteiger partial charge in [0.25, 0.3) is 0 Å². The molecule has 40 heavy (non-hydrogen) atoms. The molecule has 9 atom stereocenters. The van der Waals surface area contributed by atoms with Crippen LogP contribution >= 0.6 is 0 Å². The second-order valence-corrected chi connectivity index (χ2v) is 14.8. The number of Topliss-reactive ketones (excluding diaryl/α,β-unsaturated/α-hetero) is 2. The van der Waals surface area contributed by atoms with Crippen LogP contribution in [0.2, 0.25) is 0 Å². The summed E-state index contributed by atoms with van der Waals surface area (Å²) in [7, 11) is 0. The monoisotopic (exact) mass is 558 g/mol. The number of ether oxygens (including phenoxy) is 1. The molecule has 0 aromatic rings. The summed E-state index contributed by atoms with van der Waals surface area (Å²) in [5, 5.41) is 33.9. The summed E-state index contributed by atoms with van der Waals surface area (Å²) >= 11 is 0. The molecule has 0 heterocycles. The Hall–Kier alpha value is -2.16. The van der Waals surface area contributed by atoms with Crippen molar-refractivity contribution in [2.45, 2.75) is 111 Å². The average molecular weight is 559 g/mol. The summed E-state index contributed by atoms with van der Waals surface area (Å²) in [4.78, 5) is 52.1. The molecule has 4 aliphatic carbocycles. The van der Waals surface area contributed by atoms with Gasteiger partial charge >= 0.3 is 5.97 Å². The van der Waals surface area contributed by atoms with Crippen LogP contribution in [0.4, 0.5) is 0 Å². The van der Waals surface area contributed by atoms with Gasteiger partial charge in [-0.05, 0) is 68.4 Å². The van der Waals surface area contributed by atoms with Gasteiger partial charge in [-0.25, -0.2) is 0 Å². The Morgan fingerprint density at radius 2 is 1.65 bits per heavy atom. The number of carbonyl (C=O) groups is 4. The van der Waals surface area contributed by atoms with Crippen LogP contribution < -0.4 is 0 Å². The van der Waals surface area contributed by atoms with Gasteiger partial charge in [0.15, 0.2) is 11.6 Å². The number of carbonyl (C=O) groups excluding carboxylic acids is 4. The molecule has 3 N–H and O–H groups in total. The van der Waals surface area contributed by atoms with Gasteiger partial charge in [-0.1, -0.05) is 46.3 Å². The molecule has 0 aromatic carbocycles. The van der Waals surface area contributed by atoms with Crippen molar-refractivity contribution in [1.82, 2.24) is 0 Å². The first-order valence-electron chi connectivity index (χ1n) is 14.4. The molecule has 0 saturated heterocycles. The molecule has 8 nitrogen and oxygen atoms in total. The molecule has 0 spiro atoms. The zero-order valence-corrected chi connectivity index (χ0v) is 25.3. The van der Waals surface area contributed by atoms with Crippen molar-refractivity contribution in [3.05, 3.63) is 23.8 Å². The zero-order chi connectivity index (χ0) is 30.4. The molecule has 3 saturated carbocycles. The summed E-state index contributed by atoms with van der Waals surface area (Å²) in [5.41, 5.74) is -5.33. The first-order valence-corrected chi connectivity index (χ1v) is 14.4. The van der Waals surface area contributed by atoms with E-state index in [-0.39, 0.29) is 36.2 Å². The van der Waals surface area contributed by atoms with Crippen molar-refractivity contribution in [3.63, 3.8) is 0 Å². The van der Waals surface area contributed by atoms with Crippen LogP contribution in [0.25, 0.3) is 0 Å². The molecule has 222 valence electrons. The number of fused-ring (bicyclic) bond motifs is 5. The molecule has 0 unspecified atom stereocenters. The van der Waals surface area contributed by atoms with Crippen molar-refractivity contribution < 1.29 is 39.2 Å². The Balaban J connectivity index is 1.75. The number of hydrogen-bond acceptors (Lipinski definition) is 8. The van der Waals surface area contributed by atoms with Crippen LogP contribution in [0.3, 0.4) is 0 Å². The topological polar surface area (TPSA) is 138 Å². The molecule has 0 radical (unpaired) electrons. The maximum atomic E-state index is 14.3. The third-order valence-electron chi connectivity index (χ3n) is 11.6. The number of hydrogen-bond donors (Lipinski definition) is 3. The van der Waals surface area contributed by atoms with Crippen LogP contribution in [-0.2, 0) is 23.9 Å². The van der Waals surface area contributed by atoms with E-state index < -0.39 is 62.7 Å². The van der Waals surface area contributed by atoms with E-state index in [1.54, 1.807) is 13.8 Å². The second-order valence-electron chi connectivity index (χ2n) is 14.8. The summed E-state index contributed by atoms with van der Waals surface area (Å²) in [6, 6.07) is 0. The molecule has 0 bridgehead atoms. The van der Waals surface area contributed by atoms with E-state index in [0.717, 1.165) is 5.57 Å². The Bertz CT molecular complexity index is 1210. The number of aliphatic hydroxyl groups excluding tert-OH is 2. The highest BCUT2D eigenvalue weighted by molar-refractivity contribution is 5.97. The molecule has 0 aliphatic heterocycles. The smallest absolute Gasteiger partial charge is 0.303 e. The van der Waals surface area contributed by atoms with Gasteiger partial charge in [-0.2, -0.15) is 0 Å². The largest absolute Gasteiger partial charge is 0.456 e. The predicted octanol–water partition coefficient (Wildman–Crippen LogP) is 3.50. The van der Waals surface area contributed by atoms with Crippen LogP contribution in [-0.4, -0.2) is 62.0 Å². The quantitative estimate of drug-likeness (QED) is 0.265. The normalized spacial score (nSPS) is 42.4. The van der Waals surface area contributed by atoms with E-state index in [9.17, 15) is 34.5 Å². The average Bonchev–Trinajstić information content (AvgIpc) is 3.01. The van der Waals surface area contributed by atoms with Crippen molar-refractivity contribution >= 4 is 23.3 Å². The Morgan fingerprint density at radius 3 is 2.23 bits per heavy atom. The number of esters is 1. The lowest BCUT2D eigenvalue weighted by Gasteiger charge is -2.64.